The van der Waals surface area contributed by atoms with E-state index in [2.05, 4.69) is 15.9 Å². The molecule has 3 N–H and O–H groups in total. The molecule has 0 radical (unpaired) electrons. The zero-order chi connectivity index (χ0) is 16.3. The van der Waals surface area contributed by atoms with E-state index in [1.165, 1.54) is 12.1 Å². The van der Waals surface area contributed by atoms with Gasteiger partial charge in [0.25, 0.3) is 5.91 Å². The van der Waals surface area contributed by atoms with Gasteiger partial charge in [-0.2, -0.15) is 0 Å². The Balaban J connectivity index is 2.07. The van der Waals surface area contributed by atoms with E-state index in [-0.39, 0.29) is 23.3 Å². The Hall–Kier alpha value is -1.89. The maximum Gasteiger partial charge on any atom is 0.335 e. The van der Waals surface area contributed by atoms with Gasteiger partial charge < -0.3 is 15.7 Å². The number of piperidine rings is 1. The van der Waals surface area contributed by atoms with Crippen LogP contribution in [0.4, 0.5) is 0 Å². The molecule has 0 aliphatic carbocycles. The van der Waals surface area contributed by atoms with Gasteiger partial charge in [0.15, 0.2) is 0 Å². The Kier molecular flexibility index (Phi) is 5.18. The number of carbonyl (C=O) groups excluding carboxylic acids is 2. The second-order valence-corrected chi connectivity index (χ2v) is 6.36. The van der Waals surface area contributed by atoms with Gasteiger partial charge in [0.2, 0.25) is 5.91 Å². The summed E-state index contributed by atoms with van der Waals surface area (Å²) < 4.78 is 0.555. The number of benzene rings is 1. The van der Waals surface area contributed by atoms with E-state index in [1.807, 2.05) is 0 Å². The number of nitrogens with two attached hydrogens (primary N) is 1. The van der Waals surface area contributed by atoms with Crippen molar-refractivity contribution in [2.75, 3.05) is 13.1 Å². The highest BCUT2D eigenvalue weighted by molar-refractivity contribution is 9.10. The van der Waals surface area contributed by atoms with Gasteiger partial charge in [-0.3, -0.25) is 9.59 Å². The van der Waals surface area contributed by atoms with Crippen LogP contribution in [-0.4, -0.2) is 40.9 Å². The molecule has 0 saturated carbocycles. The van der Waals surface area contributed by atoms with Crippen LogP contribution in [0.25, 0.3) is 0 Å². The highest BCUT2D eigenvalue weighted by Gasteiger charge is 2.25. The van der Waals surface area contributed by atoms with Gasteiger partial charge >= 0.3 is 5.97 Å². The minimum atomic E-state index is -1.07. The molecule has 0 aromatic heterocycles. The lowest BCUT2D eigenvalue weighted by atomic mass is 9.93. The predicted octanol–water partition coefficient (Wildman–Crippen LogP) is 1.87. The zero-order valence-electron chi connectivity index (χ0n) is 11.9. The Morgan fingerprint density at radius 2 is 1.77 bits per heavy atom. The van der Waals surface area contributed by atoms with Crippen molar-refractivity contribution in [3.63, 3.8) is 0 Å². The number of carboxylic acid groups (broad SMARTS) is 1. The SMILES string of the molecule is NC(=O)CC1CCN(C(=O)c2cc(Br)cc(C(=O)O)c2)CC1. The maximum atomic E-state index is 12.5. The summed E-state index contributed by atoms with van der Waals surface area (Å²) in [6, 6.07) is 4.45. The third kappa shape index (κ3) is 4.07. The topological polar surface area (TPSA) is 101 Å². The molecule has 2 rings (SSSR count). The Morgan fingerprint density at radius 1 is 1.18 bits per heavy atom. The van der Waals surface area contributed by atoms with Crippen LogP contribution in [0, 0.1) is 5.92 Å². The van der Waals surface area contributed by atoms with E-state index in [9.17, 15) is 14.4 Å². The van der Waals surface area contributed by atoms with Crippen LogP contribution >= 0.6 is 15.9 Å². The highest BCUT2D eigenvalue weighted by atomic mass is 79.9. The molecule has 1 aromatic rings. The van der Waals surface area contributed by atoms with Crippen molar-refractivity contribution in [1.82, 2.24) is 4.90 Å². The maximum absolute atomic E-state index is 12.5. The largest absolute Gasteiger partial charge is 0.478 e. The number of nitrogens with zero attached hydrogens (tertiary/aromatic N) is 1. The molecule has 1 aliphatic rings. The van der Waals surface area contributed by atoms with Crippen LogP contribution < -0.4 is 5.73 Å². The number of amides is 2. The summed E-state index contributed by atoms with van der Waals surface area (Å²) in [5.74, 6) is -1.36. The smallest absolute Gasteiger partial charge is 0.335 e. The molecule has 1 saturated heterocycles. The Bertz CT molecular complexity index is 610. The number of rotatable bonds is 4. The minimum absolute atomic E-state index is 0.0707. The van der Waals surface area contributed by atoms with E-state index >= 15 is 0 Å². The highest BCUT2D eigenvalue weighted by Crippen LogP contribution is 2.23. The first kappa shape index (κ1) is 16.5. The van der Waals surface area contributed by atoms with Crippen molar-refractivity contribution in [2.24, 2.45) is 11.7 Å². The first-order valence-electron chi connectivity index (χ1n) is 6.98. The molecule has 118 valence electrons. The van der Waals surface area contributed by atoms with Gasteiger partial charge in [0.1, 0.15) is 0 Å². The fraction of sp³-hybridized carbons (Fsp3) is 0.400. The Morgan fingerprint density at radius 3 is 2.32 bits per heavy atom. The standard InChI is InChI=1S/C15H17BrN2O4/c16-12-7-10(6-11(8-12)15(21)22)14(20)18-3-1-9(2-4-18)5-13(17)19/h6-9H,1-5H2,(H2,17,19)(H,21,22). The molecule has 6 nitrogen and oxygen atoms in total. The van der Waals surface area contributed by atoms with Crippen LogP contribution in [0.15, 0.2) is 22.7 Å². The van der Waals surface area contributed by atoms with Gasteiger partial charge in [0, 0.05) is 29.5 Å². The molecule has 2 amide bonds. The second-order valence-electron chi connectivity index (χ2n) is 5.44. The first-order valence-corrected chi connectivity index (χ1v) is 7.77. The third-order valence-corrected chi connectivity index (χ3v) is 4.24. The summed E-state index contributed by atoms with van der Waals surface area (Å²) in [6.07, 6.45) is 1.81. The van der Waals surface area contributed by atoms with Crippen molar-refractivity contribution < 1.29 is 19.5 Å². The molecule has 1 fully saturated rings. The van der Waals surface area contributed by atoms with Gasteiger partial charge in [-0.05, 0) is 37.0 Å². The van der Waals surface area contributed by atoms with Crippen molar-refractivity contribution in [3.8, 4) is 0 Å². The van der Waals surface area contributed by atoms with E-state index < -0.39 is 5.97 Å². The van der Waals surface area contributed by atoms with Gasteiger partial charge in [-0.25, -0.2) is 4.79 Å². The summed E-state index contributed by atoms with van der Waals surface area (Å²) in [7, 11) is 0. The number of primary amides is 1. The zero-order valence-corrected chi connectivity index (χ0v) is 13.5. The summed E-state index contributed by atoms with van der Waals surface area (Å²) in [5, 5.41) is 9.05. The lowest BCUT2D eigenvalue weighted by molar-refractivity contribution is -0.119. The summed E-state index contributed by atoms with van der Waals surface area (Å²) >= 11 is 3.22. The normalized spacial score (nSPS) is 15.6. The molecule has 7 heteroatoms. The molecule has 1 heterocycles. The number of hydrogen-bond acceptors (Lipinski definition) is 3. The summed E-state index contributed by atoms with van der Waals surface area (Å²) in [5.41, 5.74) is 5.61. The van der Waals surface area contributed by atoms with Crippen LogP contribution in [-0.2, 0) is 4.79 Å². The number of likely N-dealkylation sites (tertiary alicyclic amines) is 1. The summed E-state index contributed by atoms with van der Waals surface area (Å²) in [4.78, 5) is 36.1. The lowest BCUT2D eigenvalue weighted by Gasteiger charge is -2.31. The lowest BCUT2D eigenvalue weighted by Crippen LogP contribution is -2.39. The van der Waals surface area contributed by atoms with Crippen molar-refractivity contribution in [2.45, 2.75) is 19.3 Å². The van der Waals surface area contributed by atoms with Crippen LogP contribution in [0.3, 0.4) is 0 Å². The molecule has 0 unspecified atom stereocenters. The number of halogens is 1. The van der Waals surface area contributed by atoms with Crippen LogP contribution in [0.5, 0.6) is 0 Å². The molecule has 22 heavy (non-hydrogen) atoms. The van der Waals surface area contributed by atoms with E-state index in [1.54, 1.807) is 11.0 Å². The fourth-order valence-electron chi connectivity index (χ4n) is 2.64. The van der Waals surface area contributed by atoms with Crippen LogP contribution in [0.2, 0.25) is 0 Å². The number of carbonyl (C=O) groups is 3. The van der Waals surface area contributed by atoms with Gasteiger partial charge in [-0.1, -0.05) is 15.9 Å². The Labute approximate surface area is 136 Å². The predicted molar refractivity (Wildman–Crippen MR) is 83.5 cm³/mol. The molecular weight excluding hydrogens is 352 g/mol. The molecular formula is C15H17BrN2O4. The average Bonchev–Trinajstić information content (AvgIpc) is 2.46. The van der Waals surface area contributed by atoms with E-state index in [0.717, 1.165) is 12.8 Å². The average molecular weight is 369 g/mol. The van der Waals surface area contributed by atoms with E-state index in [4.69, 9.17) is 10.8 Å². The second kappa shape index (κ2) is 6.91. The van der Waals surface area contributed by atoms with Gasteiger partial charge in [-0.15, -0.1) is 0 Å². The minimum Gasteiger partial charge on any atom is -0.478 e. The third-order valence-electron chi connectivity index (χ3n) is 3.78. The van der Waals surface area contributed by atoms with Crippen molar-refractivity contribution in [3.05, 3.63) is 33.8 Å². The molecule has 0 bridgehead atoms. The van der Waals surface area contributed by atoms with Crippen LogP contribution in [0.1, 0.15) is 40.0 Å². The van der Waals surface area contributed by atoms with Gasteiger partial charge in [0.05, 0.1) is 5.56 Å². The number of carboxylic acids is 1. The number of hydrogen-bond donors (Lipinski definition) is 2. The number of aromatic carboxylic acids is 1. The fourth-order valence-corrected chi connectivity index (χ4v) is 3.14. The first-order chi connectivity index (χ1) is 10.4. The van der Waals surface area contributed by atoms with E-state index in [0.29, 0.717) is 29.5 Å². The monoisotopic (exact) mass is 368 g/mol. The van der Waals surface area contributed by atoms with Crippen molar-refractivity contribution >= 4 is 33.7 Å². The molecule has 0 atom stereocenters. The van der Waals surface area contributed by atoms with Crippen molar-refractivity contribution in [1.29, 1.82) is 0 Å². The summed E-state index contributed by atoms with van der Waals surface area (Å²) in [6.45, 7) is 1.09. The molecule has 1 aliphatic heterocycles. The molecule has 0 spiro atoms. The molecule has 1 aromatic carbocycles. The quantitative estimate of drug-likeness (QED) is 0.846.